The number of hydrogen-bond acceptors (Lipinski definition) is 3. The van der Waals surface area contributed by atoms with E-state index in [1.807, 2.05) is 19.1 Å². The largest absolute Gasteiger partial charge is 0.494 e. The van der Waals surface area contributed by atoms with Gasteiger partial charge in [-0.2, -0.15) is 0 Å². The van der Waals surface area contributed by atoms with E-state index in [-0.39, 0.29) is 6.61 Å². The first-order valence-electron chi connectivity index (χ1n) is 7.90. The summed E-state index contributed by atoms with van der Waals surface area (Å²) in [7, 11) is 0. The van der Waals surface area contributed by atoms with Crippen molar-refractivity contribution in [1.82, 2.24) is 4.90 Å². The van der Waals surface area contributed by atoms with Crippen molar-refractivity contribution in [2.75, 3.05) is 19.8 Å². The highest BCUT2D eigenvalue weighted by atomic mass is 16.5. The molecule has 0 unspecified atom stereocenters. The van der Waals surface area contributed by atoms with Crippen molar-refractivity contribution in [1.29, 1.82) is 0 Å². The Labute approximate surface area is 122 Å². The molecule has 1 aliphatic rings. The number of nitrogens with zero attached hydrogens (tertiary/aromatic N) is 1. The van der Waals surface area contributed by atoms with E-state index >= 15 is 0 Å². The molecule has 0 saturated heterocycles. The van der Waals surface area contributed by atoms with Gasteiger partial charge in [-0.05, 0) is 25.8 Å². The van der Waals surface area contributed by atoms with Crippen molar-refractivity contribution in [3.63, 3.8) is 0 Å². The smallest absolute Gasteiger partial charge is 0.123 e. The van der Waals surface area contributed by atoms with Crippen LogP contribution in [0.1, 0.15) is 44.6 Å². The van der Waals surface area contributed by atoms with Gasteiger partial charge in [-0.15, -0.1) is 0 Å². The molecule has 0 aromatic heterocycles. The summed E-state index contributed by atoms with van der Waals surface area (Å²) in [5.41, 5.74) is 1.23. The molecule has 0 spiro atoms. The molecule has 1 N–H and O–H groups in total. The minimum atomic E-state index is 0.229. The molecule has 1 aliphatic carbocycles. The highest BCUT2D eigenvalue weighted by Crippen LogP contribution is 2.26. The van der Waals surface area contributed by atoms with Gasteiger partial charge < -0.3 is 9.84 Å². The third-order valence-corrected chi connectivity index (χ3v) is 4.12. The standard InChI is InChI=1S/C17H27NO2/c1-2-20-17-11-7-6-8-15(17)14-18(12-13-19)16-9-4-3-5-10-16/h6-8,11,16,19H,2-5,9-10,12-14H2,1H3. The van der Waals surface area contributed by atoms with Gasteiger partial charge in [-0.3, -0.25) is 4.90 Å². The Balaban J connectivity index is 2.06. The molecule has 0 atom stereocenters. The summed E-state index contributed by atoms with van der Waals surface area (Å²) in [4.78, 5) is 2.43. The van der Waals surface area contributed by atoms with E-state index in [0.29, 0.717) is 12.6 Å². The van der Waals surface area contributed by atoms with Gasteiger partial charge in [0.25, 0.3) is 0 Å². The monoisotopic (exact) mass is 277 g/mol. The van der Waals surface area contributed by atoms with Gasteiger partial charge in [0, 0.05) is 24.7 Å². The Hall–Kier alpha value is -1.06. The third-order valence-electron chi connectivity index (χ3n) is 4.12. The molecule has 1 saturated carbocycles. The molecule has 0 amide bonds. The van der Waals surface area contributed by atoms with Crippen molar-refractivity contribution in [3.05, 3.63) is 29.8 Å². The average Bonchev–Trinajstić information content (AvgIpc) is 2.50. The number of benzene rings is 1. The Morgan fingerprint density at radius 3 is 2.65 bits per heavy atom. The average molecular weight is 277 g/mol. The van der Waals surface area contributed by atoms with Gasteiger partial charge in [0.1, 0.15) is 5.75 Å². The van der Waals surface area contributed by atoms with Gasteiger partial charge in [-0.1, -0.05) is 37.5 Å². The Kier molecular flexibility index (Phi) is 6.34. The number of para-hydroxylation sites is 1. The maximum absolute atomic E-state index is 9.35. The number of ether oxygens (including phenoxy) is 1. The summed E-state index contributed by atoms with van der Waals surface area (Å²) < 4.78 is 5.71. The number of hydrogen-bond donors (Lipinski definition) is 1. The lowest BCUT2D eigenvalue weighted by Crippen LogP contribution is -2.38. The minimum Gasteiger partial charge on any atom is -0.494 e. The molecule has 1 aromatic rings. The highest BCUT2D eigenvalue weighted by Gasteiger charge is 2.21. The summed E-state index contributed by atoms with van der Waals surface area (Å²) in [6, 6.07) is 8.88. The van der Waals surface area contributed by atoms with Gasteiger partial charge in [0.15, 0.2) is 0 Å². The predicted octanol–water partition coefficient (Wildman–Crippen LogP) is 3.21. The number of aliphatic hydroxyl groups is 1. The van der Waals surface area contributed by atoms with Crippen molar-refractivity contribution in [3.8, 4) is 5.75 Å². The Morgan fingerprint density at radius 2 is 1.95 bits per heavy atom. The lowest BCUT2D eigenvalue weighted by molar-refractivity contribution is 0.116. The van der Waals surface area contributed by atoms with Crippen LogP contribution in [0.5, 0.6) is 5.75 Å². The van der Waals surface area contributed by atoms with Crippen molar-refractivity contribution in [2.45, 2.75) is 51.6 Å². The van der Waals surface area contributed by atoms with Crippen LogP contribution in [-0.4, -0.2) is 35.8 Å². The van der Waals surface area contributed by atoms with Crippen LogP contribution >= 0.6 is 0 Å². The molecule has 0 heterocycles. The Bertz CT molecular complexity index is 388. The highest BCUT2D eigenvalue weighted by molar-refractivity contribution is 5.33. The van der Waals surface area contributed by atoms with E-state index < -0.39 is 0 Å². The molecule has 0 bridgehead atoms. The van der Waals surface area contributed by atoms with E-state index in [1.54, 1.807) is 0 Å². The van der Waals surface area contributed by atoms with Crippen LogP contribution in [-0.2, 0) is 6.54 Å². The molecule has 3 nitrogen and oxygen atoms in total. The second-order valence-corrected chi connectivity index (χ2v) is 5.53. The zero-order valence-corrected chi connectivity index (χ0v) is 12.6. The zero-order valence-electron chi connectivity index (χ0n) is 12.6. The van der Waals surface area contributed by atoms with Crippen LogP contribution in [0, 0.1) is 0 Å². The lowest BCUT2D eigenvalue weighted by atomic mass is 9.94. The van der Waals surface area contributed by atoms with Crippen molar-refractivity contribution < 1.29 is 9.84 Å². The predicted molar refractivity (Wildman–Crippen MR) is 82.0 cm³/mol. The fourth-order valence-corrected chi connectivity index (χ4v) is 3.11. The second-order valence-electron chi connectivity index (χ2n) is 5.53. The molecule has 0 aliphatic heterocycles. The molecular weight excluding hydrogens is 250 g/mol. The molecule has 3 heteroatoms. The number of aliphatic hydroxyl groups excluding tert-OH is 1. The van der Waals surface area contributed by atoms with E-state index in [4.69, 9.17) is 4.74 Å². The maximum atomic E-state index is 9.35. The summed E-state index contributed by atoms with van der Waals surface area (Å²) >= 11 is 0. The van der Waals surface area contributed by atoms with Crippen molar-refractivity contribution >= 4 is 0 Å². The van der Waals surface area contributed by atoms with Crippen LogP contribution in [0.4, 0.5) is 0 Å². The van der Waals surface area contributed by atoms with Crippen molar-refractivity contribution in [2.24, 2.45) is 0 Å². The zero-order chi connectivity index (χ0) is 14.2. The van der Waals surface area contributed by atoms with E-state index in [9.17, 15) is 5.11 Å². The van der Waals surface area contributed by atoms with Gasteiger partial charge in [0.05, 0.1) is 13.2 Å². The van der Waals surface area contributed by atoms with Gasteiger partial charge in [-0.25, -0.2) is 0 Å². The lowest BCUT2D eigenvalue weighted by Gasteiger charge is -2.34. The molecule has 2 rings (SSSR count). The summed E-state index contributed by atoms with van der Waals surface area (Å²) in [5, 5.41) is 9.35. The SMILES string of the molecule is CCOc1ccccc1CN(CCO)C1CCCCC1. The van der Waals surface area contributed by atoms with Gasteiger partial charge in [0.2, 0.25) is 0 Å². The summed E-state index contributed by atoms with van der Waals surface area (Å²) in [6.07, 6.45) is 6.52. The molecule has 20 heavy (non-hydrogen) atoms. The normalized spacial score (nSPS) is 16.6. The number of rotatable bonds is 7. The first kappa shape index (κ1) is 15.3. The first-order chi connectivity index (χ1) is 9.85. The maximum Gasteiger partial charge on any atom is 0.123 e. The minimum absolute atomic E-state index is 0.229. The van der Waals surface area contributed by atoms with Crippen LogP contribution in [0.2, 0.25) is 0 Å². The van der Waals surface area contributed by atoms with E-state index in [1.165, 1.54) is 37.7 Å². The van der Waals surface area contributed by atoms with Gasteiger partial charge >= 0.3 is 0 Å². The topological polar surface area (TPSA) is 32.7 Å². The molecule has 112 valence electrons. The molecule has 0 radical (unpaired) electrons. The molecule has 1 fully saturated rings. The molecule has 1 aromatic carbocycles. The summed E-state index contributed by atoms with van der Waals surface area (Å²) in [6.45, 7) is 4.57. The van der Waals surface area contributed by atoms with E-state index in [2.05, 4.69) is 17.0 Å². The van der Waals surface area contributed by atoms with Crippen LogP contribution in [0.3, 0.4) is 0 Å². The third kappa shape index (κ3) is 4.22. The fourth-order valence-electron chi connectivity index (χ4n) is 3.11. The quantitative estimate of drug-likeness (QED) is 0.830. The second kappa shape index (κ2) is 8.28. The summed E-state index contributed by atoms with van der Waals surface area (Å²) in [5.74, 6) is 0.980. The van der Waals surface area contributed by atoms with E-state index in [0.717, 1.165) is 18.8 Å². The molecular formula is C17H27NO2. The van der Waals surface area contributed by atoms with Crippen LogP contribution in [0.25, 0.3) is 0 Å². The van der Waals surface area contributed by atoms with Crippen LogP contribution < -0.4 is 4.74 Å². The fraction of sp³-hybridized carbons (Fsp3) is 0.647. The van der Waals surface area contributed by atoms with Crippen LogP contribution in [0.15, 0.2) is 24.3 Å². The Morgan fingerprint density at radius 1 is 1.20 bits per heavy atom. The first-order valence-corrected chi connectivity index (χ1v) is 7.90.